The molecule has 0 bridgehead atoms. The first-order valence-corrected chi connectivity index (χ1v) is 14.5. The van der Waals surface area contributed by atoms with Crippen molar-refractivity contribution in [3.8, 4) is 0 Å². The standard InChI is InChI=1S/C25H33BrClN3O4S/c1-5-18(2)28-25(32)19(3)29(17-20-9-6-10-21(26)15-20)24(31)13-8-14-30(35(4,33)34)23-12-7-11-22(27)16-23/h6-7,9-12,15-16,18-19H,5,8,13-14,17H2,1-4H3,(H,28,32)/t18-,19-/m1/s1. The number of carbonyl (C=O) groups is 2. The average Bonchev–Trinajstić information content (AvgIpc) is 2.78. The van der Waals surface area contributed by atoms with Crippen LogP contribution in [0.3, 0.4) is 0 Å². The maximum absolute atomic E-state index is 13.3. The van der Waals surface area contributed by atoms with Gasteiger partial charge in [-0.05, 0) is 62.6 Å². The number of anilines is 1. The van der Waals surface area contributed by atoms with E-state index in [9.17, 15) is 18.0 Å². The third-order valence-corrected chi connectivity index (χ3v) is 7.58. The lowest BCUT2D eigenvalue weighted by molar-refractivity contribution is -0.140. The maximum Gasteiger partial charge on any atom is 0.242 e. The van der Waals surface area contributed by atoms with Gasteiger partial charge < -0.3 is 10.2 Å². The number of benzene rings is 2. The minimum absolute atomic E-state index is 0.00575. The van der Waals surface area contributed by atoms with Crippen LogP contribution in [0.15, 0.2) is 53.0 Å². The van der Waals surface area contributed by atoms with E-state index in [2.05, 4.69) is 21.2 Å². The van der Waals surface area contributed by atoms with Crippen molar-refractivity contribution in [3.05, 3.63) is 63.6 Å². The van der Waals surface area contributed by atoms with Crippen LogP contribution in [0.1, 0.15) is 45.6 Å². The van der Waals surface area contributed by atoms with Crippen molar-refractivity contribution in [1.29, 1.82) is 0 Å². The number of halogens is 2. The molecule has 2 amide bonds. The highest BCUT2D eigenvalue weighted by Crippen LogP contribution is 2.23. The second kappa shape index (κ2) is 13.3. The molecule has 0 radical (unpaired) electrons. The summed E-state index contributed by atoms with van der Waals surface area (Å²) in [7, 11) is -3.57. The molecule has 0 fully saturated rings. The van der Waals surface area contributed by atoms with Gasteiger partial charge in [0, 0.05) is 35.0 Å². The lowest BCUT2D eigenvalue weighted by Gasteiger charge is -2.30. The van der Waals surface area contributed by atoms with Gasteiger partial charge in [-0.2, -0.15) is 0 Å². The van der Waals surface area contributed by atoms with E-state index in [0.29, 0.717) is 10.7 Å². The molecule has 0 saturated heterocycles. The molecule has 7 nitrogen and oxygen atoms in total. The summed E-state index contributed by atoms with van der Waals surface area (Å²) in [6, 6.07) is 13.5. The third kappa shape index (κ3) is 9.13. The van der Waals surface area contributed by atoms with Gasteiger partial charge in [-0.15, -0.1) is 0 Å². The summed E-state index contributed by atoms with van der Waals surface area (Å²) in [5.41, 5.74) is 1.33. The highest BCUT2D eigenvalue weighted by Gasteiger charge is 2.27. The summed E-state index contributed by atoms with van der Waals surface area (Å²) in [6.07, 6.45) is 2.27. The Kier molecular flexibility index (Phi) is 11.0. The molecule has 0 heterocycles. The number of rotatable bonds is 12. The van der Waals surface area contributed by atoms with E-state index >= 15 is 0 Å². The summed E-state index contributed by atoms with van der Waals surface area (Å²) < 4.78 is 26.9. The zero-order chi connectivity index (χ0) is 26.2. The highest BCUT2D eigenvalue weighted by atomic mass is 79.9. The Bertz CT molecular complexity index is 1130. The van der Waals surface area contributed by atoms with Crippen molar-refractivity contribution in [2.75, 3.05) is 17.1 Å². The Morgan fingerprint density at radius 1 is 1.11 bits per heavy atom. The van der Waals surface area contributed by atoms with Crippen molar-refractivity contribution < 1.29 is 18.0 Å². The molecule has 0 aliphatic rings. The lowest BCUT2D eigenvalue weighted by atomic mass is 10.1. The van der Waals surface area contributed by atoms with Crippen LogP contribution in [-0.4, -0.2) is 50.0 Å². The van der Waals surface area contributed by atoms with E-state index in [1.165, 1.54) is 4.31 Å². The van der Waals surface area contributed by atoms with Crippen LogP contribution in [0.4, 0.5) is 5.69 Å². The molecule has 0 saturated carbocycles. The fraction of sp³-hybridized carbons (Fsp3) is 0.440. The van der Waals surface area contributed by atoms with E-state index in [1.807, 2.05) is 38.1 Å². The number of hydrogen-bond donors (Lipinski definition) is 1. The number of sulfonamides is 1. The molecule has 1 N–H and O–H groups in total. The first-order valence-electron chi connectivity index (χ1n) is 11.5. The van der Waals surface area contributed by atoms with Gasteiger partial charge in [0.25, 0.3) is 0 Å². The van der Waals surface area contributed by atoms with Crippen molar-refractivity contribution in [1.82, 2.24) is 10.2 Å². The molecule has 35 heavy (non-hydrogen) atoms. The minimum atomic E-state index is -3.57. The molecule has 2 aromatic rings. The Labute approximate surface area is 222 Å². The normalized spacial score (nSPS) is 13.1. The van der Waals surface area contributed by atoms with Gasteiger partial charge in [-0.1, -0.05) is 52.7 Å². The smallest absolute Gasteiger partial charge is 0.242 e. The Morgan fingerprint density at radius 3 is 2.40 bits per heavy atom. The molecular weight excluding hydrogens is 554 g/mol. The van der Waals surface area contributed by atoms with Crippen LogP contribution in [0.25, 0.3) is 0 Å². The molecule has 0 unspecified atom stereocenters. The molecule has 0 aliphatic heterocycles. The summed E-state index contributed by atoms with van der Waals surface area (Å²) >= 11 is 9.49. The van der Waals surface area contributed by atoms with Gasteiger partial charge >= 0.3 is 0 Å². The zero-order valence-electron chi connectivity index (χ0n) is 20.5. The molecule has 2 atom stereocenters. The van der Waals surface area contributed by atoms with Gasteiger partial charge in [-0.3, -0.25) is 13.9 Å². The molecule has 0 aromatic heterocycles. The van der Waals surface area contributed by atoms with Gasteiger partial charge in [0.05, 0.1) is 11.9 Å². The van der Waals surface area contributed by atoms with Gasteiger partial charge in [0.2, 0.25) is 21.8 Å². The Balaban J connectivity index is 2.17. The molecular formula is C25H33BrClN3O4S. The summed E-state index contributed by atoms with van der Waals surface area (Å²) in [4.78, 5) is 27.7. The Hall–Kier alpha value is -2.10. The van der Waals surface area contributed by atoms with E-state index in [-0.39, 0.29) is 43.8 Å². The van der Waals surface area contributed by atoms with Crippen molar-refractivity contribution in [2.24, 2.45) is 0 Å². The first-order chi connectivity index (χ1) is 16.4. The number of nitrogens with one attached hydrogen (secondary N) is 1. The van der Waals surface area contributed by atoms with Crippen LogP contribution < -0.4 is 9.62 Å². The average molecular weight is 587 g/mol. The largest absolute Gasteiger partial charge is 0.352 e. The molecule has 2 rings (SSSR count). The van der Waals surface area contributed by atoms with Gasteiger partial charge in [0.1, 0.15) is 6.04 Å². The lowest BCUT2D eigenvalue weighted by Crippen LogP contribution is -2.49. The van der Waals surface area contributed by atoms with Crippen molar-refractivity contribution in [2.45, 2.75) is 58.7 Å². The second-order valence-corrected chi connectivity index (χ2v) is 11.8. The van der Waals surface area contributed by atoms with Crippen LogP contribution in [0.5, 0.6) is 0 Å². The summed E-state index contributed by atoms with van der Waals surface area (Å²) in [5, 5.41) is 3.37. The molecule has 0 spiro atoms. The van der Waals surface area contributed by atoms with Crippen molar-refractivity contribution >= 4 is 55.1 Å². The summed E-state index contributed by atoms with van der Waals surface area (Å²) in [6.45, 7) is 5.98. The third-order valence-electron chi connectivity index (χ3n) is 5.66. The van der Waals surface area contributed by atoms with E-state index in [4.69, 9.17) is 11.6 Å². The molecule has 2 aromatic carbocycles. The second-order valence-electron chi connectivity index (χ2n) is 8.56. The fourth-order valence-electron chi connectivity index (χ4n) is 3.52. The number of hydrogen-bond acceptors (Lipinski definition) is 4. The van der Waals surface area contributed by atoms with Crippen LogP contribution in [0, 0.1) is 0 Å². The number of amides is 2. The van der Waals surface area contributed by atoms with Gasteiger partial charge in [-0.25, -0.2) is 8.42 Å². The molecule has 0 aliphatic carbocycles. The van der Waals surface area contributed by atoms with Crippen molar-refractivity contribution in [3.63, 3.8) is 0 Å². The van der Waals surface area contributed by atoms with Crippen LogP contribution in [-0.2, 0) is 26.2 Å². The number of carbonyl (C=O) groups excluding carboxylic acids is 2. The fourth-order valence-corrected chi connectivity index (χ4v) is 5.10. The maximum atomic E-state index is 13.3. The van der Waals surface area contributed by atoms with Crippen LogP contribution >= 0.6 is 27.5 Å². The Morgan fingerprint density at radius 2 is 1.80 bits per heavy atom. The predicted molar refractivity (Wildman–Crippen MR) is 145 cm³/mol. The molecule has 192 valence electrons. The van der Waals surface area contributed by atoms with E-state index in [0.717, 1.165) is 22.7 Å². The first kappa shape index (κ1) is 29.1. The van der Waals surface area contributed by atoms with E-state index < -0.39 is 16.1 Å². The number of nitrogens with zero attached hydrogens (tertiary/aromatic N) is 2. The minimum Gasteiger partial charge on any atom is -0.352 e. The highest BCUT2D eigenvalue weighted by molar-refractivity contribution is 9.10. The zero-order valence-corrected chi connectivity index (χ0v) is 23.7. The van der Waals surface area contributed by atoms with Gasteiger partial charge in [0.15, 0.2) is 0 Å². The van der Waals surface area contributed by atoms with E-state index in [1.54, 1.807) is 36.1 Å². The monoisotopic (exact) mass is 585 g/mol. The SMILES string of the molecule is CC[C@@H](C)NC(=O)[C@@H](C)N(Cc1cccc(Br)c1)C(=O)CCCN(c1cccc(Cl)c1)S(C)(=O)=O. The topological polar surface area (TPSA) is 86.8 Å². The molecule has 10 heteroatoms. The quantitative estimate of drug-likeness (QED) is 0.380. The summed E-state index contributed by atoms with van der Waals surface area (Å²) in [5.74, 6) is -0.448. The predicted octanol–water partition coefficient (Wildman–Crippen LogP) is 4.98. The van der Waals surface area contributed by atoms with Crippen LogP contribution in [0.2, 0.25) is 5.02 Å².